The quantitative estimate of drug-likeness (QED) is 0.751. The third-order valence-corrected chi connectivity index (χ3v) is 2.98. The SMILES string of the molecule is C1CC[NH2+]C1.O=S([O-])c1ccc(Cl)cc1. The lowest BCUT2D eigenvalue weighted by Crippen LogP contribution is -2.80. The highest BCUT2D eigenvalue weighted by atomic mass is 35.5. The van der Waals surface area contributed by atoms with E-state index in [0.29, 0.717) is 5.02 Å². The van der Waals surface area contributed by atoms with Gasteiger partial charge in [0, 0.05) is 22.8 Å². The predicted molar refractivity (Wildman–Crippen MR) is 59.5 cm³/mol. The standard InChI is InChI=1S/C6H5ClO2S.C4H9N/c7-5-1-3-6(4-2-5)10(8)9;1-2-4-5-3-1/h1-4H,(H,8,9);5H,1-4H2. The lowest BCUT2D eigenvalue weighted by Gasteiger charge is -2.02. The van der Waals surface area contributed by atoms with Crippen molar-refractivity contribution < 1.29 is 14.1 Å². The van der Waals surface area contributed by atoms with Gasteiger partial charge in [0.15, 0.2) is 0 Å². The molecule has 1 fully saturated rings. The molecular weight excluding hydrogens is 234 g/mol. The van der Waals surface area contributed by atoms with Gasteiger partial charge in [0.2, 0.25) is 0 Å². The van der Waals surface area contributed by atoms with Gasteiger partial charge in [-0.2, -0.15) is 0 Å². The lowest BCUT2D eigenvalue weighted by molar-refractivity contribution is -0.635. The van der Waals surface area contributed by atoms with E-state index in [-0.39, 0.29) is 4.90 Å². The van der Waals surface area contributed by atoms with Crippen molar-refractivity contribution in [3.05, 3.63) is 29.3 Å². The summed E-state index contributed by atoms with van der Waals surface area (Å²) in [5.41, 5.74) is 0. The van der Waals surface area contributed by atoms with Crippen molar-refractivity contribution in [2.24, 2.45) is 0 Å². The number of nitrogens with two attached hydrogens (primary N) is 1. The smallest absolute Gasteiger partial charge is 0.0757 e. The van der Waals surface area contributed by atoms with Gasteiger partial charge in [-0.05, 0) is 35.3 Å². The first-order valence-electron chi connectivity index (χ1n) is 4.86. The zero-order valence-electron chi connectivity index (χ0n) is 8.32. The van der Waals surface area contributed by atoms with Gasteiger partial charge in [-0.1, -0.05) is 11.6 Å². The first-order valence-corrected chi connectivity index (χ1v) is 6.32. The average Bonchev–Trinajstić information content (AvgIpc) is 2.76. The third kappa shape index (κ3) is 5.28. The molecule has 15 heavy (non-hydrogen) atoms. The third-order valence-electron chi connectivity index (χ3n) is 2.07. The maximum Gasteiger partial charge on any atom is 0.0757 e. The van der Waals surface area contributed by atoms with Crippen LogP contribution in [0.25, 0.3) is 0 Å². The van der Waals surface area contributed by atoms with Crippen LogP contribution in [0.1, 0.15) is 12.8 Å². The minimum absolute atomic E-state index is 0.254. The summed E-state index contributed by atoms with van der Waals surface area (Å²) in [6.45, 7) is 2.75. The van der Waals surface area contributed by atoms with Gasteiger partial charge in [0.25, 0.3) is 0 Å². The van der Waals surface area contributed by atoms with Gasteiger partial charge >= 0.3 is 0 Å². The predicted octanol–water partition coefficient (Wildman–Crippen LogP) is 0.922. The molecule has 0 bridgehead atoms. The minimum atomic E-state index is -2.15. The molecule has 1 aromatic rings. The summed E-state index contributed by atoms with van der Waals surface area (Å²) in [5.74, 6) is 0. The Labute approximate surface area is 97.1 Å². The van der Waals surface area contributed by atoms with Crippen LogP contribution in [0.15, 0.2) is 29.2 Å². The Morgan fingerprint density at radius 3 is 2.07 bits per heavy atom. The van der Waals surface area contributed by atoms with E-state index in [1.165, 1.54) is 50.2 Å². The van der Waals surface area contributed by atoms with Crippen molar-refractivity contribution in [3.8, 4) is 0 Å². The highest BCUT2D eigenvalue weighted by Crippen LogP contribution is 2.10. The Bertz CT molecular complexity index is 304. The van der Waals surface area contributed by atoms with E-state index in [1.807, 2.05) is 0 Å². The molecule has 1 atom stereocenters. The van der Waals surface area contributed by atoms with Crippen LogP contribution < -0.4 is 5.32 Å². The largest absolute Gasteiger partial charge is 0.768 e. The Balaban J connectivity index is 0.000000187. The molecule has 5 heteroatoms. The number of halogens is 1. The van der Waals surface area contributed by atoms with Gasteiger partial charge in [-0.25, -0.2) is 0 Å². The molecule has 0 aromatic heterocycles. The fraction of sp³-hybridized carbons (Fsp3) is 0.400. The number of quaternary nitrogens is 1. The van der Waals surface area contributed by atoms with Crippen LogP contribution in [0.2, 0.25) is 5.02 Å². The number of benzene rings is 1. The molecule has 1 aromatic carbocycles. The zero-order chi connectivity index (χ0) is 11.1. The van der Waals surface area contributed by atoms with Gasteiger partial charge in [-0.15, -0.1) is 0 Å². The molecule has 2 N–H and O–H groups in total. The first-order chi connectivity index (χ1) is 7.20. The fourth-order valence-corrected chi connectivity index (χ4v) is 1.75. The summed E-state index contributed by atoms with van der Waals surface area (Å²) in [5, 5.41) is 2.90. The van der Waals surface area contributed by atoms with E-state index >= 15 is 0 Å². The van der Waals surface area contributed by atoms with Gasteiger partial charge in [-0.3, -0.25) is 4.21 Å². The lowest BCUT2D eigenvalue weighted by atomic mass is 10.4. The Hall–Kier alpha value is -0.420. The molecule has 2 rings (SSSR count). The van der Waals surface area contributed by atoms with Crippen molar-refractivity contribution in [1.82, 2.24) is 0 Å². The van der Waals surface area contributed by atoms with Gasteiger partial charge in [0.05, 0.1) is 13.1 Å². The normalized spacial score (nSPS) is 16.7. The van der Waals surface area contributed by atoms with Gasteiger partial charge < -0.3 is 9.87 Å². The monoisotopic (exact) mass is 247 g/mol. The molecule has 1 heterocycles. The topological polar surface area (TPSA) is 56.7 Å². The molecule has 84 valence electrons. The fourth-order valence-electron chi connectivity index (χ4n) is 1.27. The zero-order valence-corrected chi connectivity index (χ0v) is 9.89. The van der Waals surface area contributed by atoms with Crippen LogP contribution in [0.3, 0.4) is 0 Å². The molecule has 1 unspecified atom stereocenters. The van der Waals surface area contributed by atoms with E-state index < -0.39 is 11.1 Å². The summed E-state index contributed by atoms with van der Waals surface area (Å²) in [6.07, 6.45) is 2.89. The van der Waals surface area contributed by atoms with Crippen molar-refractivity contribution in [2.45, 2.75) is 17.7 Å². The molecule has 1 saturated heterocycles. The van der Waals surface area contributed by atoms with Crippen molar-refractivity contribution in [3.63, 3.8) is 0 Å². The highest BCUT2D eigenvalue weighted by Gasteiger charge is 1.97. The van der Waals surface area contributed by atoms with Crippen LogP contribution >= 0.6 is 11.6 Å². The maximum atomic E-state index is 10.3. The van der Waals surface area contributed by atoms with E-state index in [9.17, 15) is 8.76 Å². The molecule has 0 saturated carbocycles. The van der Waals surface area contributed by atoms with E-state index in [0.717, 1.165) is 0 Å². The molecule has 0 radical (unpaired) electrons. The first kappa shape index (κ1) is 12.6. The van der Waals surface area contributed by atoms with Crippen LogP contribution in [0.4, 0.5) is 0 Å². The average molecular weight is 248 g/mol. The van der Waals surface area contributed by atoms with Crippen LogP contribution in [0.5, 0.6) is 0 Å². The number of rotatable bonds is 1. The molecule has 3 nitrogen and oxygen atoms in total. The second-order valence-corrected chi connectivity index (χ2v) is 4.64. The Kier molecular flexibility index (Phi) is 5.86. The van der Waals surface area contributed by atoms with Crippen molar-refractivity contribution >= 4 is 22.7 Å². The van der Waals surface area contributed by atoms with Crippen molar-refractivity contribution in [2.75, 3.05) is 13.1 Å². The second kappa shape index (κ2) is 6.95. The molecule has 0 amide bonds. The summed E-state index contributed by atoms with van der Waals surface area (Å²) in [6, 6.07) is 5.97. The summed E-state index contributed by atoms with van der Waals surface area (Å²) in [4.78, 5) is 0.254. The van der Waals surface area contributed by atoms with Crippen LogP contribution in [-0.2, 0) is 11.1 Å². The second-order valence-electron chi connectivity index (χ2n) is 3.26. The van der Waals surface area contributed by atoms with Crippen LogP contribution in [-0.4, -0.2) is 21.9 Å². The molecule has 1 aliphatic rings. The number of hydrogen-bond donors (Lipinski definition) is 1. The summed E-state index contributed by atoms with van der Waals surface area (Å²) < 4.78 is 20.5. The molecule has 0 aliphatic carbocycles. The Morgan fingerprint density at radius 2 is 1.73 bits per heavy atom. The van der Waals surface area contributed by atoms with Gasteiger partial charge in [0.1, 0.15) is 0 Å². The minimum Gasteiger partial charge on any atom is -0.768 e. The van der Waals surface area contributed by atoms with E-state index in [1.54, 1.807) is 0 Å². The summed E-state index contributed by atoms with van der Waals surface area (Å²) in [7, 11) is 0. The Morgan fingerprint density at radius 1 is 1.20 bits per heavy atom. The van der Waals surface area contributed by atoms with E-state index in [2.05, 4.69) is 5.32 Å². The highest BCUT2D eigenvalue weighted by molar-refractivity contribution is 7.79. The molecule has 0 spiro atoms. The van der Waals surface area contributed by atoms with Crippen molar-refractivity contribution in [1.29, 1.82) is 0 Å². The van der Waals surface area contributed by atoms with Crippen LogP contribution in [0, 0.1) is 0 Å². The maximum absolute atomic E-state index is 10.3. The summed E-state index contributed by atoms with van der Waals surface area (Å²) >= 11 is 3.37. The molecule has 1 aliphatic heterocycles. The van der Waals surface area contributed by atoms with E-state index in [4.69, 9.17) is 11.6 Å². The molecular formula is C10H14ClNO2S. The number of hydrogen-bond acceptors (Lipinski definition) is 2.